The highest BCUT2D eigenvalue weighted by molar-refractivity contribution is 6.03. The van der Waals surface area contributed by atoms with Crippen LogP contribution in [0.15, 0.2) is 47.6 Å². The van der Waals surface area contributed by atoms with Crippen LogP contribution in [-0.2, 0) is 14.3 Å². The fourth-order valence-electron chi connectivity index (χ4n) is 5.44. The van der Waals surface area contributed by atoms with E-state index in [4.69, 9.17) is 19.3 Å². The molecule has 4 aliphatic rings. The van der Waals surface area contributed by atoms with Crippen molar-refractivity contribution in [1.29, 1.82) is 0 Å². The van der Waals surface area contributed by atoms with Gasteiger partial charge in [0.2, 0.25) is 12.7 Å². The number of amides is 2. The van der Waals surface area contributed by atoms with E-state index in [0.717, 1.165) is 43.5 Å². The smallest absolute Gasteiger partial charge is 0.262 e. The second-order valence-electron chi connectivity index (χ2n) is 10.5. The van der Waals surface area contributed by atoms with Crippen LogP contribution in [0.2, 0.25) is 0 Å². The quantitative estimate of drug-likeness (QED) is 0.516. The molecule has 2 amide bonds. The molecule has 3 heterocycles. The molecule has 0 aromatic heterocycles. The number of morpholine rings is 1. The van der Waals surface area contributed by atoms with Crippen LogP contribution in [0.3, 0.4) is 0 Å². The molecule has 3 aliphatic heterocycles. The van der Waals surface area contributed by atoms with Crippen LogP contribution in [0.1, 0.15) is 42.9 Å². The Kier molecular flexibility index (Phi) is 7.47. The molecule has 10 heteroatoms. The summed E-state index contributed by atoms with van der Waals surface area (Å²) >= 11 is 0. The summed E-state index contributed by atoms with van der Waals surface area (Å²) in [5.41, 5.74) is 2.31. The van der Waals surface area contributed by atoms with E-state index in [1.807, 2.05) is 18.2 Å². The van der Waals surface area contributed by atoms with Gasteiger partial charge < -0.3 is 19.1 Å². The fourth-order valence-corrected chi connectivity index (χ4v) is 5.44. The molecule has 2 fully saturated rings. The molecule has 39 heavy (non-hydrogen) atoms. The second kappa shape index (κ2) is 11.3. The Morgan fingerprint density at radius 1 is 1.03 bits per heavy atom. The van der Waals surface area contributed by atoms with E-state index >= 15 is 0 Å². The highest BCUT2D eigenvalue weighted by Crippen LogP contribution is 2.39. The summed E-state index contributed by atoms with van der Waals surface area (Å²) in [4.78, 5) is 31.2. The molecule has 6 rings (SSSR count). The predicted molar refractivity (Wildman–Crippen MR) is 141 cm³/mol. The van der Waals surface area contributed by atoms with Crippen molar-refractivity contribution in [2.75, 3.05) is 52.7 Å². The molecule has 1 saturated carbocycles. The van der Waals surface area contributed by atoms with Crippen LogP contribution in [-0.4, -0.2) is 85.1 Å². The van der Waals surface area contributed by atoms with E-state index in [2.05, 4.69) is 4.90 Å². The normalized spacial score (nSPS) is 21.0. The van der Waals surface area contributed by atoms with Crippen molar-refractivity contribution in [2.24, 2.45) is 11.0 Å². The Labute approximate surface area is 227 Å². The van der Waals surface area contributed by atoms with E-state index < -0.39 is 0 Å². The molecular formula is C29H33FN4O5. The third-order valence-electron chi connectivity index (χ3n) is 8.01. The molecule has 2 aromatic rings. The average molecular weight is 537 g/mol. The molecule has 2 aromatic carbocycles. The summed E-state index contributed by atoms with van der Waals surface area (Å²) in [6.07, 6.45) is 3.25. The standard InChI is InChI=1S/C29H33FN4O5/c30-23-7-4-20(5-8-23)24-17-25(22-6-9-26-27(16-22)39-19-38-26)34(31-24)28(35)18-33(29(36)21-2-1-3-21)11-10-32-12-14-37-15-13-32/h4-9,16,21,25H,1-3,10-15,17-19H2. The Bertz CT molecular complexity index is 1240. The van der Waals surface area contributed by atoms with Crippen molar-refractivity contribution in [3.8, 4) is 11.5 Å². The highest BCUT2D eigenvalue weighted by atomic mass is 19.1. The van der Waals surface area contributed by atoms with E-state index in [0.29, 0.717) is 49.9 Å². The number of nitrogens with zero attached hydrogens (tertiary/aromatic N) is 4. The Balaban J connectivity index is 1.24. The number of halogens is 1. The van der Waals surface area contributed by atoms with Crippen molar-refractivity contribution >= 4 is 17.5 Å². The van der Waals surface area contributed by atoms with Gasteiger partial charge >= 0.3 is 0 Å². The van der Waals surface area contributed by atoms with Crippen molar-refractivity contribution in [1.82, 2.24) is 14.8 Å². The first-order chi connectivity index (χ1) is 19.0. The van der Waals surface area contributed by atoms with Gasteiger partial charge in [-0.05, 0) is 48.2 Å². The van der Waals surface area contributed by atoms with Crippen LogP contribution in [0.25, 0.3) is 0 Å². The third kappa shape index (κ3) is 5.62. The molecule has 0 radical (unpaired) electrons. The molecule has 0 bridgehead atoms. The number of carbonyl (C=O) groups excluding carboxylic acids is 2. The first-order valence-corrected chi connectivity index (χ1v) is 13.7. The summed E-state index contributed by atoms with van der Waals surface area (Å²) in [5, 5.41) is 6.21. The average Bonchev–Trinajstić information content (AvgIpc) is 3.58. The minimum absolute atomic E-state index is 0.0102. The molecule has 1 saturated heterocycles. The third-order valence-corrected chi connectivity index (χ3v) is 8.01. The molecule has 1 atom stereocenters. The zero-order valence-electron chi connectivity index (χ0n) is 21.9. The molecule has 1 aliphatic carbocycles. The largest absolute Gasteiger partial charge is 0.454 e. The van der Waals surface area contributed by atoms with Crippen molar-refractivity contribution in [3.05, 3.63) is 59.4 Å². The van der Waals surface area contributed by atoms with Crippen LogP contribution < -0.4 is 9.47 Å². The van der Waals surface area contributed by atoms with Gasteiger partial charge in [0, 0.05) is 38.5 Å². The number of benzene rings is 2. The van der Waals surface area contributed by atoms with Gasteiger partial charge in [0.25, 0.3) is 5.91 Å². The summed E-state index contributed by atoms with van der Waals surface area (Å²) in [7, 11) is 0. The van der Waals surface area contributed by atoms with Crippen LogP contribution in [0.5, 0.6) is 11.5 Å². The van der Waals surface area contributed by atoms with Crippen molar-refractivity contribution < 1.29 is 28.2 Å². The molecule has 206 valence electrons. The maximum atomic E-state index is 13.9. The van der Waals surface area contributed by atoms with E-state index in [1.54, 1.807) is 17.0 Å². The topological polar surface area (TPSA) is 83.9 Å². The summed E-state index contributed by atoms with van der Waals surface area (Å²) in [6.45, 7) is 4.31. The van der Waals surface area contributed by atoms with E-state index in [-0.39, 0.29) is 42.9 Å². The molecule has 9 nitrogen and oxygen atoms in total. The number of hydrogen-bond acceptors (Lipinski definition) is 7. The van der Waals surface area contributed by atoms with Gasteiger partial charge in [0.1, 0.15) is 12.4 Å². The van der Waals surface area contributed by atoms with Crippen LogP contribution in [0.4, 0.5) is 4.39 Å². The van der Waals surface area contributed by atoms with Crippen LogP contribution >= 0.6 is 0 Å². The number of fused-ring (bicyclic) bond motifs is 1. The fraction of sp³-hybridized carbons (Fsp3) is 0.483. The first kappa shape index (κ1) is 25.8. The summed E-state index contributed by atoms with van der Waals surface area (Å²) in [6, 6.07) is 11.4. The van der Waals surface area contributed by atoms with E-state index in [9.17, 15) is 14.0 Å². The second-order valence-corrected chi connectivity index (χ2v) is 10.5. The molecule has 1 unspecified atom stereocenters. The zero-order chi connectivity index (χ0) is 26.8. The first-order valence-electron chi connectivity index (χ1n) is 13.7. The molecule has 0 spiro atoms. The number of carbonyl (C=O) groups is 2. The van der Waals surface area contributed by atoms with E-state index in [1.165, 1.54) is 17.1 Å². The summed E-state index contributed by atoms with van der Waals surface area (Å²) < 4.78 is 30.1. The van der Waals surface area contributed by atoms with Gasteiger partial charge in [-0.2, -0.15) is 5.10 Å². The number of hydrogen-bond donors (Lipinski definition) is 0. The van der Waals surface area contributed by atoms with Crippen LogP contribution in [0, 0.1) is 11.7 Å². The minimum Gasteiger partial charge on any atom is -0.454 e. The highest BCUT2D eigenvalue weighted by Gasteiger charge is 2.37. The zero-order valence-corrected chi connectivity index (χ0v) is 21.9. The van der Waals surface area contributed by atoms with Crippen molar-refractivity contribution in [2.45, 2.75) is 31.7 Å². The lowest BCUT2D eigenvalue weighted by molar-refractivity contribution is -0.145. The Hall–Kier alpha value is -3.50. The number of ether oxygens (including phenoxy) is 3. The molecule has 0 N–H and O–H groups in total. The summed E-state index contributed by atoms with van der Waals surface area (Å²) in [5.74, 6) is 0.748. The monoisotopic (exact) mass is 536 g/mol. The van der Waals surface area contributed by atoms with Gasteiger partial charge in [-0.25, -0.2) is 9.40 Å². The Morgan fingerprint density at radius 2 is 1.79 bits per heavy atom. The van der Waals surface area contributed by atoms with Gasteiger partial charge in [0.05, 0.1) is 25.0 Å². The number of rotatable bonds is 8. The van der Waals surface area contributed by atoms with Gasteiger partial charge in [0.15, 0.2) is 11.5 Å². The van der Waals surface area contributed by atoms with Gasteiger partial charge in [-0.3, -0.25) is 14.5 Å². The lowest BCUT2D eigenvalue weighted by Gasteiger charge is -2.34. The maximum Gasteiger partial charge on any atom is 0.262 e. The predicted octanol–water partition coefficient (Wildman–Crippen LogP) is 3.19. The maximum absolute atomic E-state index is 13.9. The SMILES string of the molecule is O=C(C1CCC1)N(CCN1CCOCC1)CC(=O)N1N=C(c2ccc(F)cc2)CC1c1ccc2c(c1)OCO2. The Morgan fingerprint density at radius 3 is 2.54 bits per heavy atom. The van der Waals surface area contributed by atoms with Gasteiger partial charge in [-0.1, -0.05) is 24.6 Å². The lowest BCUT2D eigenvalue weighted by Crippen LogP contribution is -2.49. The number of hydrazone groups is 1. The minimum atomic E-state index is -0.382. The lowest BCUT2D eigenvalue weighted by atomic mass is 9.84. The molecular weight excluding hydrogens is 503 g/mol. The van der Waals surface area contributed by atoms with Crippen molar-refractivity contribution in [3.63, 3.8) is 0 Å². The van der Waals surface area contributed by atoms with Gasteiger partial charge in [-0.15, -0.1) is 0 Å².